The molecule has 2 aromatic rings. The van der Waals surface area contributed by atoms with Gasteiger partial charge in [-0.05, 0) is 25.1 Å². The molecule has 0 radical (unpaired) electrons. The monoisotopic (exact) mass is 506 g/mol. The summed E-state index contributed by atoms with van der Waals surface area (Å²) in [5, 5.41) is 22.7. The average molecular weight is 507 g/mol. The Bertz CT molecular complexity index is 962. The van der Waals surface area contributed by atoms with Crippen molar-refractivity contribution in [2.24, 2.45) is 0 Å². The first-order chi connectivity index (χ1) is 14.6. The standard InChI is InChI=1S/C20H19BrF4N2O4/c1-10-26-18(31-9-11-5-6-12(22)7-15(11)25)20(21,16(29)8-28)19(30)27(10)17-13(23)3-2-4-14(17)24/h2-7,10,16,18,26,28-29H,8-9H2,1H3. The molecule has 0 aromatic heterocycles. The molecule has 1 fully saturated rings. The van der Waals surface area contributed by atoms with Gasteiger partial charge >= 0.3 is 0 Å². The lowest BCUT2D eigenvalue weighted by Gasteiger charge is -2.48. The lowest BCUT2D eigenvalue weighted by molar-refractivity contribution is -0.140. The molecule has 1 amide bonds. The summed E-state index contributed by atoms with van der Waals surface area (Å²) >= 11 is 3.08. The number of benzene rings is 2. The Morgan fingerprint density at radius 2 is 1.84 bits per heavy atom. The van der Waals surface area contributed by atoms with Gasteiger partial charge in [0.2, 0.25) is 0 Å². The van der Waals surface area contributed by atoms with Gasteiger partial charge in [-0.1, -0.05) is 28.1 Å². The van der Waals surface area contributed by atoms with E-state index in [0.29, 0.717) is 6.07 Å². The number of nitrogens with one attached hydrogen (secondary N) is 1. The van der Waals surface area contributed by atoms with Gasteiger partial charge in [0.1, 0.15) is 41.3 Å². The third kappa shape index (κ3) is 4.33. The van der Waals surface area contributed by atoms with Gasteiger partial charge in [-0.25, -0.2) is 17.6 Å². The van der Waals surface area contributed by atoms with Gasteiger partial charge in [-0.2, -0.15) is 0 Å². The molecule has 1 aliphatic heterocycles. The Morgan fingerprint density at radius 3 is 2.42 bits per heavy atom. The molecule has 3 rings (SSSR count). The van der Waals surface area contributed by atoms with Crippen LogP contribution in [0.1, 0.15) is 12.5 Å². The fraction of sp³-hybridized carbons (Fsp3) is 0.350. The van der Waals surface area contributed by atoms with Crippen molar-refractivity contribution in [2.45, 2.75) is 36.4 Å². The van der Waals surface area contributed by atoms with Crippen molar-refractivity contribution < 1.29 is 37.3 Å². The number of alkyl halides is 1. The van der Waals surface area contributed by atoms with Crippen LogP contribution in [0.5, 0.6) is 0 Å². The Balaban J connectivity index is 1.96. The van der Waals surface area contributed by atoms with Crippen molar-refractivity contribution in [1.82, 2.24) is 5.32 Å². The Hall–Kier alpha value is -2.05. The molecule has 11 heteroatoms. The molecule has 1 aliphatic rings. The van der Waals surface area contributed by atoms with Gasteiger partial charge in [-0.15, -0.1) is 0 Å². The maximum absolute atomic E-state index is 14.4. The second-order valence-electron chi connectivity index (χ2n) is 6.98. The molecule has 1 saturated heterocycles. The topological polar surface area (TPSA) is 82.0 Å². The summed E-state index contributed by atoms with van der Waals surface area (Å²) in [5.74, 6) is -4.68. The number of ether oxygens (including phenoxy) is 1. The molecule has 168 valence electrons. The van der Waals surface area contributed by atoms with Crippen molar-refractivity contribution in [3.8, 4) is 0 Å². The highest BCUT2D eigenvalue weighted by atomic mass is 79.9. The number of hydrogen-bond donors (Lipinski definition) is 3. The van der Waals surface area contributed by atoms with Crippen molar-refractivity contribution in [2.75, 3.05) is 11.5 Å². The predicted molar refractivity (Wildman–Crippen MR) is 106 cm³/mol. The van der Waals surface area contributed by atoms with Crippen LogP contribution in [0, 0.1) is 23.3 Å². The second-order valence-corrected chi connectivity index (χ2v) is 8.29. The molecule has 0 saturated carbocycles. The Labute approximate surface area is 183 Å². The zero-order valence-corrected chi connectivity index (χ0v) is 17.7. The summed E-state index contributed by atoms with van der Waals surface area (Å²) in [5.41, 5.74) is -0.677. The van der Waals surface area contributed by atoms with E-state index in [1.165, 1.54) is 6.92 Å². The number of hydrogen-bond acceptors (Lipinski definition) is 5. The van der Waals surface area contributed by atoms with E-state index in [1.54, 1.807) is 0 Å². The molecule has 4 unspecified atom stereocenters. The largest absolute Gasteiger partial charge is 0.394 e. The zero-order valence-electron chi connectivity index (χ0n) is 16.2. The van der Waals surface area contributed by atoms with E-state index in [9.17, 15) is 32.6 Å². The number of amides is 1. The Kier molecular flexibility index (Phi) is 7.01. The van der Waals surface area contributed by atoms with E-state index in [0.717, 1.165) is 35.2 Å². The van der Waals surface area contributed by atoms with Crippen molar-refractivity contribution in [3.05, 3.63) is 65.2 Å². The van der Waals surface area contributed by atoms with E-state index in [4.69, 9.17) is 4.74 Å². The molecule has 0 aliphatic carbocycles. The fourth-order valence-corrected chi connectivity index (χ4v) is 3.93. The van der Waals surface area contributed by atoms with E-state index >= 15 is 0 Å². The third-order valence-corrected chi connectivity index (χ3v) is 6.25. The summed E-state index contributed by atoms with van der Waals surface area (Å²) in [4.78, 5) is 14.1. The molecule has 31 heavy (non-hydrogen) atoms. The SMILES string of the molecule is CC1NC(OCc2ccc(F)cc2F)C(Br)(C(O)CO)C(=O)N1c1c(F)cccc1F. The molecule has 2 aromatic carbocycles. The summed E-state index contributed by atoms with van der Waals surface area (Å²) in [6.45, 7) is 0.102. The smallest absolute Gasteiger partial charge is 0.252 e. The number of carbonyl (C=O) groups excluding carboxylic acids is 1. The number of para-hydroxylation sites is 1. The molecular weight excluding hydrogens is 488 g/mol. The molecule has 1 heterocycles. The van der Waals surface area contributed by atoms with Gasteiger partial charge in [0, 0.05) is 11.6 Å². The van der Waals surface area contributed by atoms with Crippen LogP contribution in [0.4, 0.5) is 23.2 Å². The first-order valence-corrected chi connectivity index (χ1v) is 9.97. The first kappa shape index (κ1) is 23.6. The summed E-state index contributed by atoms with van der Waals surface area (Å²) in [6, 6.07) is 5.91. The quantitative estimate of drug-likeness (QED) is 0.414. The summed E-state index contributed by atoms with van der Waals surface area (Å²) in [7, 11) is 0. The fourth-order valence-electron chi connectivity index (χ4n) is 3.33. The highest BCUT2D eigenvalue weighted by molar-refractivity contribution is 9.10. The molecule has 3 N–H and O–H groups in total. The van der Waals surface area contributed by atoms with Crippen molar-refractivity contribution in [3.63, 3.8) is 0 Å². The van der Waals surface area contributed by atoms with Crippen molar-refractivity contribution >= 4 is 27.5 Å². The molecule has 6 nitrogen and oxygen atoms in total. The van der Waals surface area contributed by atoms with E-state index in [-0.39, 0.29) is 5.56 Å². The molecule has 0 spiro atoms. The van der Waals surface area contributed by atoms with Crippen LogP contribution in [0.15, 0.2) is 36.4 Å². The van der Waals surface area contributed by atoms with Crippen LogP contribution in [-0.4, -0.2) is 45.5 Å². The maximum Gasteiger partial charge on any atom is 0.252 e. The average Bonchev–Trinajstić information content (AvgIpc) is 2.72. The maximum atomic E-state index is 14.4. The lowest BCUT2D eigenvalue weighted by atomic mass is 9.94. The van der Waals surface area contributed by atoms with Crippen LogP contribution in [-0.2, 0) is 16.1 Å². The van der Waals surface area contributed by atoms with E-state index in [1.807, 2.05) is 0 Å². The van der Waals surface area contributed by atoms with Crippen molar-refractivity contribution in [1.29, 1.82) is 0 Å². The van der Waals surface area contributed by atoms with Crippen LogP contribution < -0.4 is 10.2 Å². The number of aliphatic hydroxyl groups excluding tert-OH is 2. The minimum absolute atomic E-state index is 0.0285. The number of nitrogens with zero attached hydrogens (tertiary/aromatic N) is 1. The molecular formula is C20H19BrF4N2O4. The van der Waals surface area contributed by atoms with E-state index < -0.39 is 70.9 Å². The normalized spacial score (nSPS) is 25.0. The van der Waals surface area contributed by atoms with Gasteiger partial charge in [-0.3, -0.25) is 15.0 Å². The number of halogens is 5. The Morgan fingerprint density at radius 1 is 1.19 bits per heavy atom. The van der Waals surface area contributed by atoms with Gasteiger partial charge in [0.15, 0.2) is 4.32 Å². The van der Waals surface area contributed by atoms with Gasteiger partial charge in [0.25, 0.3) is 5.91 Å². The van der Waals surface area contributed by atoms with Crippen LogP contribution in [0.3, 0.4) is 0 Å². The van der Waals surface area contributed by atoms with Crippen LogP contribution >= 0.6 is 15.9 Å². The molecule has 4 atom stereocenters. The second kappa shape index (κ2) is 9.21. The predicted octanol–water partition coefficient (Wildman–Crippen LogP) is 2.56. The lowest BCUT2D eigenvalue weighted by Crippen LogP contribution is -2.73. The third-order valence-electron chi connectivity index (χ3n) is 4.96. The van der Waals surface area contributed by atoms with E-state index in [2.05, 4.69) is 21.2 Å². The van der Waals surface area contributed by atoms with Crippen LogP contribution in [0.2, 0.25) is 0 Å². The van der Waals surface area contributed by atoms with Gasteiger partial charge < -0.3 is 14.9 Å². The first-order valence-electron chi connectivity index (χ1n) is 9.18. The number of carbonyl (C=O) groups is 1. The highest BCUT2D eigenvalue weighted by Crippen LogP contribution is 2.38. The highest BCUT2D eigenvalue weighted by Gasteiger charge is 2.57. The minimum Gasteiger partial charge on any atom is -0.394 e. The zero-order chi connectivity index (χ0) is 22.9. The summed E-state index contributed by atoms with van der Waals surface area (Å²) in [6.07, 6.45) is -4.13. The molecule has 0 bridgehead atoms. The van der Waals surface area contributed by atoms with Gasteiger partial charge in [0.05, 0.1) is 19.4 Å². The summed E-state index contributed by atoms with van der Waals surface area (Å²) < 4.78 is 59.3. The van der Waals surface area contributed by atoms with Crippen LogP contribution in [0.25, 0.3) is 0 Å². The minimum atomic E-state index is -2.08. The number of aliphatic hydroxyl groups is 2. The number of anilines is 1. The number of rotatable bonds is 6.